The normalized spacial score (nSPS) is 16.5. The molecule has 1 aromatic carbocycles. The Morgan fingerprint density at radius 2 is 1.74 bits per heavy atom. The van der Waals surface area contributed by atoms with Crippen LogP contribution in [0.25, 0.3) is 0 Å². The quantitative estimate of drug-likeness (QED) is 0.364. The molecule has 27 heavy (non-hydrogen) atoms. The summed E-state index contributed by atoms with van der Waals surface area (Å²) in [7, 11) is 0. The third-order valence-electron chi connectivity index (χ3n) is 5.64. The molecule has 0 atom stereocenters. The first-order valence-electron chi connectivity index (χ1n) is 10.2. The van der Waals surface area contributed by atoms with Gasteiger partial charge in [-0.2, -0.15) is 0 Å². The fourth-order valence-electron chi connectivity index (χ4n) is 4.14. The lowest BCUT2D eigenvalue weighted by Gasteiger charge is -2.31. The maximum absolute atomic E-state index is 6.17. The first-order chi connectivity index (χ1) is 12.7. The fraction of sp³-hybridized carbons (Fsp3) is 0.591. The van der Waals surface area contributed by atoms with Crippen molar-refractivity contribution in [2.24, 2.45) is 4.99 Å². The van der Waals surface area contributed by atoms with E-state index in [0.29, 0.717) is 0 Å². The van der Waals surface area contributed by atoms with Crippen LogP contribution in [0.1, 0.15) is 76.5 Å². The third-order valence-corrected chi connectivity index (χ3v) is 6.79. The smallest absolute Gasteiger partial charge is 0.184 e. The largest absolute Gasteiger partial charge is 0.320 e. The zero-order valence-corrected chi connectivity index (χ0v) is 19.8. The van der Waals surface area contributed by atoms with Crippen LogP contribution in [0.5, 0.6) is 0 Å². The molecule has 1 heterocycles. The van der Waals surface area contributed by atoms with Crippen LogP contribution in [-0.4, -0.2) is 11.1 Å². The number of halogens is 2. The zero-order valence-electron chi connectivity index (χ0n) is 16.5. The van der Waals surface area contributed by atoms with Gasteiger partial charge in [0.1, 0.15) is 0 Å². The molecule has 0 amide bonds. The third kappa shape index (κ3) is 5.07. The Hall–Kier alpha value is -0.580. The minimum Gasteiger partial charge on any atom is -0.320 e. The number of benzene rings is 1. The van der Waals surface area contributed by atoms with E-state index in [9.17, 15) is 0 Å². The summed E-state index contributed by atoms with van der Waals surface area (Å²) < 4.78 is 2.53. The SMILES string of the molecule is Br.CCCCN=c1scc(C2(c3ccc(Cl)cc3)CCCC2)n1CCCC. The predicted octanol–water partition coefficient (Wildman–Crippen LogP) is 7.14. The van der Waals surface area contributed by atoms with Crippen molar-refractivity contribution < 1.29 is 0 Å². The number of thiazole rings is 1. The van der Waals surface area contributed by atoms with Crippen LogP contribution in [0.3, 0.4) is 0 Å². The van der Waals surface area contributed by atoms with E-state index in [-0.39, 0.29) is 22.4 Å². The average Bonchev–Trinajstić information content (AvgIpc) is 3.29. The first-order valence-corrected chi connectivity index (χ1v) is 11.4. The van der Waals surface area contributed by atoms with Gasteiger partial charge in [0.05, 0.1) is 0 Å². The van der Waals surface area contributed by atoms with E-state index < -0.39 is 0 Å². The van der Waals surface area contributed by atoms with Gasteiger partial charge in [0.15, 0.2) is 4.80 Å². The molecule has 3 rings (SSSR count). The molecule has 0 radical (unpaired) electrons. The molecule has 0 unspecified atom stereocenters. The van der Waals surface area contributed by atoms with Gasteiger partial charge in [-0.25, -0.2) is 0 Å². The lowest BCUT2D eigenvalue weighted by atomic mass is 9.76. The molecule has 0 bridgehead atoms. The highest BCUT2D eigenvalue weighted by Crippen LogP contribution is 2.46. The topological polar surface area (TPSA) is 17.3 Å². The van der Waals surface area contributed by atoms with E-state index in [1.54, 1.807) is 0 Å². The molecule has 1 fully saturated rings. The van der Waals surface area contributed by atoms with Crippen molar-refractivity contribution in [1.29, 1.82) is 0 Å². The van der Waals surface area contributed by atoms with E-state index in [4.69, 9.17) is 16.6 Å². The van der Waals surface area contributed by atoms with Crippen LogP contribution in [0.15, 0.2) is 34.6 Å². The minimum atomic E-state index is 0. The number of rotatable bonds is 8. The van der Waals surface area contributed by atoms with E-state index in [0.717, 1.165) is 18.1 Å². The van der Waals surface area contributed by atoms with Gasteiger partial charge in [-0.15, -0.1) is 28.3 Å². The lowest BCUT2D eigenvalue weighted by Crippen LogP contribution is -2.31. The summed E-state index contributed by atoms with van der Waals surface area (Å²) in [5, 5.41) is 3.21. The monoisotopic (exact) mass is 470 g/mol. The Kier molecular flexibility index (Phi) is 9.10. The number of hydrogen-bond donors (Lipinski definition) is 0. The predicted molar refractivity (Wildman–Crippen MR) is 124 cm³/mol. The summed E-state index contributed by atoms with van der Waals surface area (Å²) in [4.78, 5) is 6.15. The molecule has 150 valence electrons. The van der Waals surface area contributed by atoms with Crippen molar-refractivity contribution in [2.75, 3.05) is 6.54 Å². The summed E-state index contributed by atoms with van der Waals surface area (Å²) in [5.74, 6) is 0. The molecule has 1 aliphatic rings. The number of nitrogens with zero attached hydrogens (tertiary/aromatic N) is 2. The standard InChI is InChI=1S/C22H31ClN2S.BrH/c1-3-5-15-24-21-25(16-6-4-2)20(17-26-21)22(13-7-8-14-22)18-9-11-19(23)12-10-18;/h9-12,17H,3-8,13-16H2,1-2H3;1H. The lowest BCUT2D eigenvalue weighted by molar-refractivity contribution is 0.466. The van der Waals surface area contributed by atoms with Crippen molar-refractivity contribution in [1.82, 2.24) is 4.57 Å². The summed E-state index contributed by atoms with van der Waals surface area (Å²) in [5.41, 5.74) is 3.03. The van der Waals surface area contributed by atoms with Gasteiger partial charge in [-0.1, -0.05) is 63.3 Å². The Morgan fingerprint density at radius 3 is 2.37 bits per heavy atom. The summed E-state index contributed by atoms with van der Waals surface area (Å²) >= 11 is 8.00. The Balaban J connectivity index is 0.00000261. The summed E-state index contributed by atoms with van der Waals surface area (Å²) in [6.07, 6.45) is 9.85. The van der Waals surface area contributed by atoms with Crippen LogP contribution in [0, 0.1) is 0 Å². The van der Waals surface area contributed by atoms with E-state index in [1.165, 1.54) is 67.4 Å². The van der Waals surface area contributed by atoms with Crippen LogP contribution in [-0.2, 0) is 12.0 Å². The highest BCUT2D eigenvalue weighted by Gasteiger charge is 2.39. The van der Waals surface area contributed by atoms with Crippen molar-refractivity contribution in [2.45, 2.75) is 77.2 Å². The molecule has 0 spiro atoms. The van der Waals surface area contributed by atoms with Crippen LogP contribution in [0.4, 0.5) is 0 Å². The van der Waals surface area contributed by atoms with Gasteiger partial charge in [0.2, 0.25) is 0 Å². The molecule has 1 aromatic heterocycles. The van der Waals surface area contributed by atoms with Crippen LogP contribution >= 0.6 is 39.9 Å². The average molecular weight is 472 g/mol. The number of aromatic nitrogens is 1. The van der Waals surface area contributed by atoms with Gasteiger partial charge >= 0.3 is 0 Å². The molecule has 1 aliphatic carbocycles. The Bertz CT molecular complexity index is 757. The van der Waals surface area contributed by atoms with Crippen molar-refractivity contribution in [3.63, 3.8) is 0 Å². The van der Waals surface area contributed by atoms with Gasteiger partial charge < -0.3 is 4.57 Å². The zero-order chi connectivity index (χ0) is 18.4. The first kappa shape index (κ1) is 22.7. The second-order valence-corrected chi connectivity index (χ2v) is 8.71. The second-order valence-electron chi connectivity index (χ2n) is 7.44. The number of hydrogen-bond acceptors (Lipinski definition) is 2. The number of unbranched alkanes of at least 4 members (excludes halogenated alkanes) is 2. The molecule has 2 aromatic rings. The van der Waals surface area contributed by atoms with Crippen molar-refractivity contribution in [3.8, 4) is 0 Å². The van der Waals surface area contributed by atoms with Crippen molar-refractivity contribution >= 4 is 39.9 Å². The van der Waals surface area contributed by atoms with Gasteiger partial charge in [-0.3, -0.25) is 4.99 Å². The maximum atomic E-state index is 6.17. The van der Waals surface area contributed by atoms with Crippen LogP contribution < -0.4 is 4.80 Å². The molecule has 0 aliphatic heterocycles. The molecule has 2 nitrogen and oxygen atoms in total. The Morgan fingerprint density at radius 1 is 1.07 bits per heavy atom. The van der Waals surface area contributed by atoms with Crippen molar-refractivity contribution in [3.05, 3.63) is 50.7 Å². The van der Waals surface area contributed by atoms with Gasteiger partial charge in [0.25, 0.3) is 0 Å². The van der Waals surface area contributed by atoms with E-state index >= 15 is 0 Å². The molecule has 1 saturated carbocycles. The molecule has 0 saturated heterocycles. The van der Waals surface area contributed by atoms with E-state index in [2.05, 4.69) is 35.9 Å². The van der Waals surface area contributed by atoms with E-state index in [1.807, 2.05) is 23.5 Å². The maximum Gasteiger partial charge on any atom is 0.184 e. The highest BCUT2D eigenvalue weighted by molar-refractivity contribution is 8.93. The second kappa shape index (κ2) is 10.8. The molecule has 5 heteroatoms. The van der Waals surface area contributed by atoms with Gasteiger partial charge in [0, 0.05) is 34.6 Å². The Labute approximate surface area is 183 Å². The van der Waals surface area contributed by atoms with Gasteiger partial charge in [-0.05, 0) is 43.4 Å². The summed E-state index contributed by atoms with van der Waals surface area (Å²) in [6.45, 7) is 6.52. The highest BCUT2D eigenvalue weighted by atomic mass is 79.9. The fourth-order valence-corrected chi connectivity index (χ4v) is 5.32. The molecular weight excluding hydrogens is 440 g/mol. The minimum absolute atomic E-state index is 0. The summed E-state index contributed by atoms with van der Waals surface area (Å²) in [6, 6.07) is 8.57. The van der Waals surface area contributed by atoms with Crippen LogP contribution in [0.2, 0.25) is 5.02 Å². The molecular formula is C22H32BrClN2S. The molecule has 0 N–H and O–H groups in total.